The van der Waals surface area contributed by atoms with Gasteiger partial charge < -0.3 is 5.73 Å². The molecule has 0 aliphatic carbocycles. The largest absolute Gasteiger partial charge is 0.347 e. The summed E-state index contributed by atoms with van der Waals surface area (Å²) >= 11 is 3.29. The number of halogens is 3. The number of aromatic amines is 1. The van der Waals surface area contributed by atoms with Crippen molar-refractivity contribution >= 4 is 15.9 Å². The molecule has 0 saturated heterocycles. The fourth-order valence-corrected chi connectivity index (χ4v) is 2.12. The number of rotatable bonds is 4. The van der Waals surface area contributed by atoms with Crippen LogP contribution in [0.3, 0.4) is 0 Å². The third kappa shape index (κ3) is 3.02. The molecule has 0 amide bonds. The molecule has 0 aliphatic heterocycles. The Kier molecular flexibility index (Phi) is 4.46. The average Bonchev–Trinajstić information content (AvgIpc) is 2.76. The van der Waals surface area contributed by atoms with Crippen LogP contribution in [0.15, 0.2) is 45.2 Å². The van der Waals surface area contributed by atoms with E-state index in [-0.39, 0.29) is 24.4 Å². The van der Waals surface area contributed by atoms with Crippen LogP contribution < -0.4 is 11.4 Å². The Morgan fingerprint density at radius 3 is 2.80 bits per heavy atom. The van der Waals surface area contributed by atoms with Gasteiger partial charge in [0.05, 0.1) is 5.69 Å². The van der Waals surface area contributed by atoms with Crippen molar-refractivity contribution in [2.75, 3.05) is 6.54 Å². The van der Waals surface area contributed by atoms with Crippen LogP contribution in [0.4, 0.5) is 8.78 Å². The lowest BCUT2D eigenvalue weighted by Gasteiger charge is -2.07. The lowest BCUT2D eigenvalue weighted by molar-refractivity contribution is 0.407. The number of nitrogens with two attached hydrogens (primary N) is 1. The number of nitrogens with one attached hydrogen (secondary N) is 1. The molecule has 8 heteroatoms. The Morgan fingerprint density at radius 2 is 2.20 bits per heavy atom. The van der Waals surface area contributed by atoms with E-state index in [1.165, 1.54) is 4.57 Å². The molecule has 1 heterocycles. The van der Waals surface area contributed by atoms with Crippen molar-refractivity contribution in [3.05, 3.63) is 56.7 Å². The van der Waals surface area contributed by atoms with Crippen LogP contribution in [-0.2, 0) is 6.42 Å². The number of aromatic nitrogens is 3. The van der Waals surface area contributed by atoms with Crippen LogP contribution in [0.1, 0.15) is 5.82 Å². The second-order valence-electron chi connectivity index (χ2n) is 4.01. The van der Waals surface area contributed by atoms with Gasteiger partial charge in [0, 0.05) is 23.0 Å². The molecule has 0 unspecified atom stereocenters. The molecular formula is C12H11BrF2N4O. The van der Waals surface area contributed by atoms with Crippen molar-refractivity contribution in [1.82, 2.24) is 14.8 Å². The molecule has 0 radical (unpaired) electrons. The second kappa shape index (κ2) is 6.10. The normalized spacial score (nSPS) is 10.6. The highest BCUT2D eigenvalue weighted by molar-refractivity contribution is 9.10. The standard InChI is InChI=1S/C12H11BrF2N4O/c13-8-2-1-3-9(5-8)19-10(17-18-12(19)20)4-7(6-16)11(14)15/h1-3,5H,4,6,16H2,(H,18,20). The van der Waals surface area contributed by atoms with Gasteiger partial charge in [0.25, 0.3) is 6.08 Å². The predicted octanol–water partition coefficient (Wildman–Crippen LogP) is 1.97. The van der Waals surface area contributed by atoms with Gasteiger partial charge in [-0.15, -0.1) is 0 Å². The summed E-state index contributed by atoms with van der Waals surface area (Å²) in [4.78, 5) is 11.8. The van der Waals surface area contributed by atoms with Gasteiger partial charge in [0.2, 0.25) is 0 Å². The van der Waals surface area contributed by atoms with Gasteiger partial charge in [0.15, 0.2) is 0 Å². The average molecular weight is 345 g/mol. The first-order valence-electron chi connectivity index (χ1n) is 5.68. The summed E-state index contributed by atoms with van der Waals surface area (Å²) in [6.45, 7) is -0.290. The predicted molar refractivity (Wildman–Crippen MR) is 73.9 cm³/mol. The van der Waals surface area contributed by atoms with Gasteiger partial charge in [-0.25, -0.2) is 14.5 Å². The molecule has 0 aliphatic rings. The smallest absolute Gasteiger partial charge is 0.327 e. The van der Waals surface area contributed by atoms with Crippen molar-refractivity contribution in [3.8, 4) is 5.69 Å². The molecule has 3 N–H and O–H groups in total. The Morgan fingerprint density at radius 1 is 1.45 bits per heavy atom. The quantitative estimate of drug-likeness (QED) is 0.890. The highest BCUT2D eigenvalue weighted by Gasteiger charge is 2.14. The zero-order valence-electron chi connectivity index (χ0n) is 10.2. The van der Waals surface area contributed by atoms with Crippen molar-refractivity contribution in [1.29, 1.82) is 0 Å². The number of nitrogens with zero attached hydrogens (tertiary/aromatic N) is 2. The van der Waals surface area contributed by atoms with Crippen LogP contribution in [0.2, 0.25) is 0 Å². The lowest BCUT2D eigenvalue weighted by Crippen LogP contribution is -2.18. The molecule has 0 spiro atoms. The minimum atomic E-state index is -1.84. The second-order valence-corrected chi connectivity index (χ2v) is 4.92. The van der Waals surface area contributed by atoms with E-state index < -0.39 is 11.8 Å². The van der Waals surface area contributed by atoms with Crippen molar-refractivity contribution in [2.45, 2.75) is 6.42 Å². The number of hydrogen-bond donors (Lipinski definition) is 2. The Bertz CT molecular complexity index is 703. The van der Waals surface area contributed by atoms with E-state index in [1.807, 2.05) is 0 Å². The maximum Gasteiger partial charge on any atom is 0.347 e. The van der Waals surface area contributed by atoms with Crippen LogP contribution in [0.5, 0.6) is 0 Å². The molecule has 0 saturated carbocycles. The molecule has 5 nitrogen and oxygen atoms in total. The Hall–Kier alpha value is -1.80. The number of H-pyrrole nitrogens is 1. The van der Waals surface area contributed by atoms with Crippen LogP contribution in [0, 0.1) is 0 Å². The van der Waals surface area contributed by atoms with Crippen LogP contribution in [-0.4, -0.2) is 21.3 Å². The van der Waals surface area contributed by atoms with Gasteiger partial charge in [-0.3, -0.25) is 0 Å². The molecule has 2 rings (SSSR count). The fourth-order valence-electron chi connectivity index (χ4n) is 1.74. The van der Waals surface area contributed by atoms with Gasteiger partial charge >= 0.3 is 5.69 Å². The molecule has 0 fully saturated rings. The van der Waals surface area contributed by atoms with E-state index in [0.717, 1.165) is 4.47 Å². The van der Waals surface area contributed by atoms with Gasteiger partial charge in [-0.1, -0.05) is 22.0 Å². The molecule has 106 valence electrons. The monoisotopic (exact) mass is 344 g/mol. The van der Waals surface area contributed by atoms with E-state index in [4.69, 9.17) is 5.73 Å². The van der Waals surface area contributed by atoms with Crippen molar-refractivity contribution in [2.24, 2.45) is 5.73 Å². The molecule has 20 heavy (non-hydrogen) atoms. The summed E-state index contributed by atoms with van der Waals surface area (Å²) in [5.74, 6) is 0.182. The molecule has 2 aromatic rings. The zero-order valence-corrected chi connectivity index (χ0v) is 11.8. The van der Waals surface area contributed by atoms with Crippen molar-refractivity contribution in [3.63, 3.8) is 0 Å². The first-order chi connectivity index (χ1) is 9.52. The van der Waals surface area contributed by atoms with E-state index in [0.29, 0.717) is 5.69 Å². The van der Waals surface area contributed by atoms with E-state index in [9.17, 15) is 13.6 Å². The SMILES string of the molecule is NCC(Cc1n[nH]c(=O)n1-c1cccc(Br)c1)=C(F)F. The van der Waals surface area contributed by atoms with E-state index in [2.05, 4.69) is 26.1 Å². The molecule has 1 aromatic carbocycles. The minimum Gasteiger partial charge on any atom is -0.327 e. The lowest BCUT2D eigenvalue weighted by atomic mass is 10.2. The summed E-state index contributed by atoms with van der Waals surface area (Å²) in [7, 11) is 0. The number of benzene rings is 1. The zero-order chi connectivity index (χ0) is 14.7. The van der Waals surface area contributed by atoms with Gasteiger partial charge in [-0.2, -0.15) is 13.9 Å². The third-order valence-corrected chi connectivity index (χ3v) is 3.19. The fraction of sp³-hybridized carbons (Fsp3) is 0.167. The third-order valence-electron chi connectivity index (χ3n) is 2.69. The minimum absolute atomic E-state index is 0.182. The van der Waals surface area contributed by atoms with Gasteiger partial charge in [0.1, 0.15) is 5.82 Å². The Balaban J connectivity index is 2.48. The Labute approximate surface area is 121 Å². The molecule has 0 bridgehead atoms. The van der Waals surface area contributed by atoms with Gasteiger partial charge in [-0.05, 0) is 18.2 Å². The van der Waals surface area contributed by atoms with E-state index in [1.54, 1.807) is 24.3 Å². The maximum atomic E-state index is 12.7. The molecule has 1 aromatic heterocycles. The van der Waals surface area contributed by atoms with Crippen LogP contribution >= 0.6 is 15.9 Å². The topological polar surface area (TPSA) is 76.7 Å². The van der Waals surface area contributed by atoms with E-state index >= 15 is 0 Å². The molecule has 0 atom stereocenters. The summed E-state index contributed by atoms with van der Waals surface area (Å²) < 4.78 is 27.3. The maximum absolute atomic E-state index is 12.7. The number of hydrogen-bond acceptors (Lipinski definition) is 3. The summed E-state index contributed by atoms with van der Waals surface area (Å²) in [5.41, 5.74) is 5.06. The summed E-state index contributed by atoms with van der Waals surface area (Å²) in [5, 5.41) is 6.04. The summed E-state index contributed by atoms with van der Waals surface area (Å²) in [6.07, 6.45) is -2.03. The highest BCUT2D eigenvalue weighted by atomic mass is 79.9. The van der Waals surface area contributed by atoms with Crippen LogP contribution in [0.25, 0.3) is 5.69 Å². The molecular weight excluding hydrogens is 334 g/mol. The highest BCUT2D eigenvalue weighted by Crippen LogP contribution is 2.17. The summed E-state index contributed by atoms with van der Waals surface area (Å²) in [6, 6.07) is 6.90. The van der Waals surface area contributed by atoms with Crippen molar-refractivity contribution < 1.29 is 8.78 Å². The first kappa shape index (κ1) is 14.6. The first-order valence-corrected chi connectivity index (χ1v) is 6.47.